The highest BCUT2D eigenvalue weighted by atomic mass is 35.5. The molecule has 0 aliphatic rings. The van der Waals surface area contributed by atoms with E-state index in [-0.39, 0.29) is 27.7 Å². The lowest BCUT2D eigenvalue weighted by Crippen LogP contribution is -2.39. The van der Waals surface area contributed by atoms with Crippen LogP contribution in [0, 0.1) is 5.92 Å². The van der Waals surface area contributed by atoms with Gasteiger partial charge in [0.15, 0.2) is 0 Å². The zero-order valence-electron chi connectivity index (χ0n) is 15.8. The van der Waals surface area contributed by atoms with Crippen LogP contribution < -0.4 is 21.9 Å². The van der Waals surface area contributed by atoms with Crippen molar-refractivity contribution < 1.29 is 0 Å². The number of nitrogens with two attached hydrogens (primary N) is 1. The molecule has 0 unspecified atom stereocenters. The maximum Gasteiger partial charge on any atom is 0.330 e. The van der Waals surface area contributed by atoms with Crippen LogP contribution in [0.25, 0.3) is 0 Å². The van der Waals surface area contributed by atoms with Gasteiger partial charge in [-0.2, -0.15) is 0 Å². The number of nitrogens with zero attached hydrogens (tertiary/aromatic N) is 3. The van der Waals surface area contributed by atoms with Crippen LogP contribution in [0.5, 0.6) is 0 Å². The predicted molar refractivity (Wildman–Crippen MR) is 111 cm³/mol. The van der Waals surface area contributed by atoms with E-state index in [1.165, 1.54) is 4.57 Å². The van der Waals surface area contributed by atoms with E-state index in [0.717, 1.165) is 18.4 Å². The molecule has 2 aromatic rings. The molecule has 2 aromatic heterocycles. The summed E-state index contributed by atoms with van der Waals surface area (Å²) in [7, 11) is 0. The fourth-order valence-electron chi connectivity index (χ4n) is 2.92. The summed E-state index contributed by atoms with van der Waals surface area (Å²) in [5.74, 6) is 0.428. The fourth-order valence-corrected chi connectivity index (χ4v) is 3.43. The molecule has 2 heterocycles. The Kier molecular flexibility index (Phi) is 7.33. The first-order valence-electron chi connectivity index (χ1n) is 8.92. The number of pyridine rings is 1. The molecule has 0 bridgehead atoms. The molecule has 0 atom stereocenters. The molecule has 0 saturated carbocycles. The predicted octanol–water partition coefficient (Wildman–Crippen LogP) is 3.28. The van der Waals surface area contributed by atoms with Crippen molar-refractivity contribution in [1.29, 1.82) is 0 Å². The van der Waals surface area contributed by atoms with E-state index in [1.807, 2.05) is 25.7 Å². The highest BCUT2D eigenvalue weighted by Gasteiger charge is 2.20. The summed E-state index contributed by atoms with van der Waals surface area (Å²) in [6.45, 7) is 7.48. The highest BCUT2D eigenvalue weighted by molar-refractivity contribution is 6.32. The maximum absolute atomic E-state index is 12.6. The summed E-state index contributed by atoms with van der Waals surface area (Å²) in [6.07, 6.45) is 1.69. The van der Waals surface area contributed by atoms with Crippen molar-refractivity contribution in [3.8, 4) is 0 Å². The van der Waals surface area contributed by atoms with Crippen molar-refractivity contribution in [2.45, 2.75) is 46.7 Å². The van der Waals surface area contributed by atoms with Crippen LogP contribution in [0.3, 0.4) is 0 Å². The summed E-state index contributed by atoms with van der Waals surface area (Å²) in [5, 5.41) is 0.550. The molecular formula is C18H25Cl2N5O2. The summed E-state index contributed by atoms with van der Waals surface area (Å²) in [5.41, 5.74) is 6.34. The second-order valence-corrected chi connectivity index (χ2v) is 7.67. The molecule has 0 aromatic carbocycles. The van der Waals surface area contributed by atoms with Crippen LogP contribution in [-0.2, 0) is 13.1 Å². The van der Waals surface area contributed by atoms with Crippen LogP contribution in [0.15, 0.2) is 21.7 Å². The minimum Gasteiger partial charge on any atom is -0.383 e. The first-order valence-corrected chi connectivity index (χ1v) is 9.68. The minimum atomic E-state index is -0.503. The van der Waals surface area contributed by atoms with E-state index in [1.54, 1.807) is 12.1 Å². The van der Waals surface area contributed by atoms with Crippen molar-refractivity contribution >= 4 is 34.7 Å². The second kappa shape index (κ2) is 9.28. The van der Waals surface area contributed by atoms with Gasteiger partial charge in [0, 0.05) is 19.6 Å². The van der Waals surface area contributed by atoms with Crippen molar-refractivity contribution in [3.63, 3.8) is 0 Å². The average molecular weight is 414 g/mol. The quantitative estimate of drug-likeness (QED) is 0.647. The normalized spacial score (nSPS) is 11.2. The van der Waals surface area contributed by atoms with Gasteiger partial charge in [0.1, 0.15) is 21.8 Å². The molecule has 0 amide bonds. The third-order valence-electron chi connectivity index (χ3n) is 4.05. The molecule has 0 aliphatic carbocycles. The molecule has 9 heteroatoms. The van der Waals surface area contributed by atoms with Crippen molar-refractivity contribution in [2.24, 2.45) is 5.92 Å². The number of nitrogen functional groups attached to an aromatic ring is 1. The van der Waals surface area contributed by atoms with Gasteiger partial charge in [-0.1, -0.05) is 50.4 Å². The number of H-pyrrole nitrogens is 1. The van der Waals surface area contributed by atoms with Gasteiger partial charge in [-0.25, -0.2) is 9.78 Å². The molecule has 0 fully saturated rings. The summed E-state index contributed by atoms with van der Waals surface area (Å²) >= 11 is 12.0. The lowest BCUT2D eigenvalue weighted by molar-refractivity contribution is 0.586. The molecule has 0 saturated heterocycles. The average Bonchev–Trinajstić information content (AvgIpc) is 2.52. The molecule has 148 valence electrons. The van der Waals surface area contributed by atoms with E-state index in [4.69, 9.17) is 28.9 Å². The zero-order valence-corrected chi connectivity index (χ0v) is 17.3. The van der Waals surface area contributed by atoms with Gasteiger partial charge in [0.25, 0.3) is 5.56 Å². The Morgan fingerprint density at radius 3 is 2.44 bits per heavy atom. The van der Waals surface area contributed by atoms with E-state index in [9.17, 15) is 9.59 Å². The minimum absolute atomic E-state index is 0.170. The Labute approximate surface area is 168 Å². The standard InChI is InChI=1S/C18H25Cl2N5O2/c1-4-5-6-25-16(21)15(17(26)23-18(25)27)24(9-11(2)3)10-12-7-13(19)22-14(20)8-12/h7-8,11H,4-6,9-10,21H2,1-3H3,(H,23,26,27). The molecule has 0 radical (unpaired) electrons. The van der Waals surface area contributed by atoms with Crippen LogP contribution in [0.2, 0.25) is 10.3 Å². The van der Waals surface area contributed by atoms with Crippen LogP contribution in [0.1, 0.15) is 39.2 Å². The van der Waals surface area contributed by atoms with Crippen molar-refractivity contribution in [3.05, 3.63) is 48.8 Å². The molecule has 27 heavy (non-hydrogen) atoms. The number of aromatic amines is 1. The SMILES string of the molecule is CCCCn1c(N)c(N(Cc2cc(Cl)nc(Cl)c2)CC(C)C)c(=O)[nH]c1=O. The molecule has 2 rings (SSSR count). The zero-order chi connectivity index (χ0) is 20.1. The van der Waals surface area contributed by atoms with Crippen LogP contribution in [-0.4, -0.2) is 21.1 Å². The maximum atomic E-state index is 12.6. The topological polar surface area (TPSA) is 97.0 Å². The Hall–Kier alpha value is -1.99. The number of unbranched alkanes of at least 4 members (excludes halogenated alkanes) is 1. The third kappa shape index (κ3) is 5.49. The number of rotatable bonds is 8. The summed E-state index contributed by atoms with van der Waals surface area (Å²) in [4.78, 5) is 32.9. The van der Waals surface area contributed by atoms with Gasteiger partial charge in [-0.15, -0.1) is 0 Å². The molecule has 0 spiro atoms. The fraction of sp³-hybridized carbons (Fsp3) is 0.500. The molecule has 7 nitrogen and oxygen atoms in total. The van der Waals surface area contributed by atoms with Crippen molar-refractivity contribution in [2.75, 3.05) is 17.2 Å². The summed E-state index contributed by atoms with van der Waals surface area (Å²) < 4.78 is 1.42. The Morgan fingerprint density at radius 1 is 1.26 bits per heavy atom. The van der Waals surface area contributed by atoms with E-state index in [0.29, 0.717) is 19.6 Å². The van der Waals surface area contributed by atoms with Gasteiger partial charge in [0.2, 0.25) is 0 Å². The lowest BCUT2D eigenvalue weighted by Gasteiger charge is -2.28. The molecule has 3 N–H and O–H groups in total. The monoisotopic (exact) mass is 413 g/mol. The Morgan fingerprint density at radius 2 is 1.89 bits per heavy atom. The number of aromatic nitrogens is 3. The number of hydrogen-bond donors (Lipinski definition) is 2. The van der Waals surface area contributed by atoms with Crippen molar-refractivity contribution in [1.82, 2.24) is 14.5 Å². The number of hydrogen-bond acceptors (Lipinski definition) is 5. The lowest BCUT2D eigenvalue weighted by atomic mass is 10.1. The van der Waals surface area contributed by atoms with Gasteiger partial charge in [0.05, 0.1) is 0 Å². The van der Waals surface area contributed by atoms with Crippen LogP contribution in [0.4, 0.5) is 11.5 Å². The van der Waals surface area contributed by atoms with Gasteiger partial charge < -0.3 is 10.6 Å². The van der Waals surface area contributed by atoms with E-state index in [2.05, 4.69) is 9.97 Å². The third-order valence-corrected chi connectivity index (χ3v) is 4.43. The molecular weight excluding hydrogens is 389 g/mol. The first kappa shape index (κ1) is 21.3. The number of nitrogens with one attached hydrogen (secondary N) is 1. The first-order chi connectivity index (χ1) is 12.7. The largest absolute Gasteiger partial charge is 0.383 e. The van der Waals surface area contributed by atoms with Gasteiger partial charge in [-0.3, -0.25) is 14.3 Å². The van der Waals surface area contributed by atoms with Gasteiger partial charge >= 0.3 is 5.69 Å². The Bertz CT molecular complexity index is 887. The highest BCUT2D eigenvalue weighted by Crippen LogP contribution is 2.23. The second-order valence-electron chi connectivity index (χ2n) is 6.89. The van der Waals surface area contributed by atoms with Crippen LogP contribution >= 0.6 is 23.2 Å². The van der Waals surface area contributed by atoms with E-state index < -0.39 is 11.2 Å². The number of halogens is 2. The summed E-state index contributed by atoms with van der Waals surface area (Å²) in [6, 6.07) is 3.39. The van der Waals surface area contributed by atoms with E-state index >= 15 is 0 Å². The molecule has 0 aliphatic heterocycles. The van der Waals surface area contributed by atoms with Gasteiger partial charge in [-0.05, 0) is 30.0 Å². The smallest absolute Gasteiger partial charge is 0.330 e. The Balaban J connectivity index is 2.52. The number of anilines is 2.